The van der Waals surface area contributed by atoms with E-state index in [0.29, 0.717) is 28.1 Å². The first kappa shape index (κ1) is 22.6. The van der Waals surface area contributed by atoms with Gasteiger partial charge in [0.1, 0.15) is 11.1 Å². The second-order valence-electron chi connectivity index (χ2n) is 8.22. The number of nitrogens with zero attached hydrogens (tertiary/aromatic N) is 3. The smallest absolute Gasteiger partial charge is 0.238 e. The first-order valence-corrected chi connectivity index (χ1v) is 12.3. The molecule has 1 fully saturated rings. The molecule has 1 heterocycles. The molecular formula is C26H22ClFN4OS. The van der Waals surface area contributed by atoms with Crippen molar-refractivity contribution in [3.05, 3.63) is 101 Å². The van der Waals surface area contributed by atoms with Gasteiger partial charge in [0.2, 0.25) is 5.91 Å². The normalized spacial score (nSPS) is 14.1. The Hall–Kier alpha value is -3.16. The number of thioether (sulfide) groups is 1. The van der Waals surface area contributed by atoms with Crippen molar-refractivity contribution in [2.24, 2.45) is 0 Å². The molecule has 1 atom stereocenters. The highest BCUT2D eigenvalue weighted by Gasteiger charge is 2.31. The van der Waals surface area contributed by atoms with E-state index < -0.39 is 5.25 Å². The maximum Gasteiger partial charge on any atom is 0.238 e. The van der Waals surface area contributed by atoms with E-state index in [2.05, 4.69) is 15.5 Å². The van der Waals surface area contributed by atoms with E-state index in [1.807, 2.05) is 59.2 Å². The molecule has 1 aromatic heterocycles. The van der Waals surface area contributed by atoms with E-state index in [1.165, 1.54) is 23.9 Å². The van der Waals surface area contributed by atoms with Crippen LogP contribution in [-0.2, 0) is 11.3 Å². The molecule has 1 N–H and O–H groups in total. The molecule has 1 aliphatic carbocycles. The number of nitrogens with one attached hydrogen (secondary N) is 1. The zero-order valence-corrected chi connectivity index (χ0v) is 19.8. The lowest BCUT2D eigenvalue weighted by Crippen LogP contribution is -2.30. The Morgan fingerprint density at radius 2 is 1.74 bits per heavy atom. The topological polar surface area (TPSA) is 59.8 Å². The Bertz CT molecular complexity index is 1270. The molecule has 0 radical (unpaired) electrons. The van der Waals surface area contributed by atoms with Crippen LogP contribution in [0.2, 0.25) is 5.02 Å². The molecule has 5 nitrogen and oxygen atoms in total. The third kappa shape index (κ3) is 5.32. The molecule has 34 heavy (non-hydrogen) atoms. The zero-order chi connectivity index (χ0) is 23.5. The number of hydrogen-bond donors (Lipinski definition) is 1. The summed E-state index contributed by atoms with van der Waals surface area (Å²) < 4.78 is 15.6. The van der Waals surface area contributed by atoms with E-state index >= 15 is 0 Å². The van der Waals surface area contributed by atoms with Gasteiger partial charge in [0, 0.05) is 16.6 Å². The van der Waals surface area contributed by atoms with Crippen LogP contribution in [0, 0.1) is 5.82 Å². The Morgan fingerprint density at radius 1 is 1.03 bits per heavy atom. The van der Waals surface area contributed by atoms with Gasteiger partial charge in [-0.15, -0.1) is 10.2 Å². The lowest BCUT2D eigenvalue weighted by molar-refractivity contribution is -0.120. The van der Waals surface area contributed by atoms with Gasteiger partial charge < -0.3 is 5.32 Å². The van der Waals surface area contributed by atoms with Crippen molar-refractivity contribution in [1.29, 1.82) is 0 Å². The average molecular weight is 493 g/mol. The van der Waals surface area contributed by atoms with Gasteiger partial charge in [0.15, 0.2) is 11.0 Å². The number of carbonyl (C=O) groups excluding carboxylic acids is 1. The molecule has 0 aliphatic heterocycles. The molecule has 172 valence electrons. The molecule has 1 unspecified atom stereocenters. The minimum Gasteiger partial charge on any atom is -0.352 e. The van der Waals surface area contributed by atoms with Gasteiger partial charge in [-0.1, -0.05) is 65.8 Å². The third-order valence-corrected chi connectivity index (χ3v) is 7.05. The Kier molecular flexibility index (Phi) is 6.65. The quantitative estimate of drug-likeness (QED) is 0.311. The molecule has 0 spiro atoms. The van der Waals surface area contributed by atoms with Crippen LogP contribution in [-0.4, -0.2) is 26.7 Å². The van der Waals surface area contributed by atoms with Crippen molar-refractivity contribution < 1.29 is 9.18 Å². The van der Waals surface area contributed by atoms with Crippen molar-refractivity contribution in [2.45, 2.75) is 35.8 Å². The fourth-order valence-corrected chi connectivity index (χ4v) is 4.79. The first-order chi connectivity index (χ1) is 16.6. The highest BCUT2D eigenvalue weighted by atomic mass is 35.5. The van der Waals surface area contributed by atoms with Crippen LogP contribution in [0.25, 0.3) is 11.4 Å². The largest absolute Gasteiger partial charge is 0.352 e. The second kappa shape index (κ2) is 9.99. The maximum atomic E-state index is 13.6. The summed E-state index contributed by atoms with van der Waals surface area (Å²) in [6, 6.07) is 23.7. The fourth-order valence-electron chi connectivity index (χ4n) is 3.62. The van der Waals surface area contributed by atoms with Gasteiger partial charge in [0.05, 0.1) is 6.54 Å². The number of rotatable bonds is 8. The van der Waals surface area contributed by atoms with Crippen LogP contribution >= 0.6 is 23.4 Å². The van der Waals surface area contributed by atoms with Crippen LogP contribution in [0.15, 0.2) is 84.0 Å². The van der Waals surface area contributed by atoms with Gasteiger partial charge in [-0.05, 0) is 60.4 Å². The molecule has 1 saturated carbocycles. The van der Waals surface area contributed by atoms with Gasteiger partial charge in [-0.3, -0.25) is 9.36 Å². The Morgan fingerprint density at radius 3 is 2.41 bits per heavy atom. The summed E-state index contributed by atoms with van der Waals surface area (Å²) in [4.78, 5) is 13.2. The summed E-state index contributed by atoms with van der Waals surface area (Å²) in [6.07, 6.45) is 1.97. The Balaban J connectivity index is 1.52. The van der Waals surface area contributed by atoms with Crippen LogP contribution in [0.1, 0.15) is 29.2 Å². The SMILES string of the molecule is O=C(NC1CC1)C(Sc1nnc(-c2ccc(Cl)cc2)n1Cc1ccccc1)c1ccc(F)cc1. The number of aromatic nitrogens is 3. The molecule has 4 aromatic rings. The third-order valence-electron chi connectivity index (χ3n) is 5.56. The van der Waals surface area contributed by atoms with Crippen LogP contribution < -0.4 is 5.32 Å². The second-order valence-corrected chi connectivity index (χ2v) is 9.73. The predicted octanol–water partition coefficient (Wildman–Crippen LogP) is 5.90. The van der Waals surface area contributed by atoms with Crippen molar-refractivity contribution in [3.63, 3.8) is 0 Å². The number of benzene rings is 3. The number of amides is 1. The first-order valence-electron chi connectivity index (χ1n) is 11.0. The lowest BCUT2D eigenvalue weighted by Gasteiger charge is -2.18. The van der Waals surface area contributed by atoms with Crippen molar-refractivity contribution in [2.75, 3.05) is 0 Å². The molecule has 1 aliphatic rings. The van der Waals surface area contributed by atoms with Crippen molar-refractivity contribution >= 4 is 29.3 Å². The average Bonchev–Trinajstić information content (AvgIpc) is 3.58. The van der Waals surface area contributed by atoms with Crippen molar-refractivity contribution in [1.82, 2.24) is 20.1 Å². The fraction of sp³-hybridized carbons (Fsp3) is 0.192. The highest BCUT2D eigenvalue weighted by Crippen LogP contribution is 2.37. The zero-order valence-electron chi connectivity index (χ0n) is 18.2. The van der Waals surface area contributed by atoms with Gasteiger partial charge in [0.25, 0.3) is 0 Å². The monoisotopic (exact) mass is 492 g/mol. The summed E-state index contributed by atoms with van der Waals surface area (Å²) in [5, 5.41) is 12.7. The van der Waals surface area contributed by atoms with E-state index in [1.54, 1.807) is 12.1 Å². The lowest BCUT2D eigenvalue weighted by atomic mass is 10.1. The molecule has 3 aromatic carbocycles. The molecule has 8 heteroatoms. The van der Waals surface area contributed by atoms with Gasteiger partial charge in [-0.25, -0.2) is 4.39 Å². The minimum atomic E-state index is -0.585. The van der Waals surface area contributed by atoms with E-state index in [0.717, 1.165) is 24.0 Å². The molecule has 0 bridgehead atoms. The summed E-state index contributed by atoms with van der Waals surface area (Å²) in [5.41, 5.74) is 2.67. The van der Waals surface area contributed by atoms with E-state index in [4.69, 9.17) is 11.6 Å². The molecular weight excluding hydrogens is 471 g/mol. The molecule has 0 saturated heterocycles. The summed E-state index contributed by atoms with van der Waals surface area (Å²) >= 11 is 7.40. The van der Waals surface area contributed by atoms with Crippen molar-refractivity contribution in [3.8, 4) is 11.4 Å². The number of hydrogen-bond acceptors (Lipinski definition) is 4. The van der Waals surface area contributed by atoms with Crippen LogP contribution in [0.4, 0.5) is 4.39 Å². The highest BCUT2D eigenvalue weighted by molar-refractivity contribution is 8.00. The van der Waals surface area contributed by atoms with E-state index in [-0.39, 0.29) is 17.8 Å². The standard InChI is InChI=1S/C26H22ClFN4OS/c27-20-10-6-19(7-11-20)24-30-31-26(32(24)16-17-4-2-1-3-5-17)34-23(25(33)29-22-14-15-22)18-8-12-21(28)13-9-18/h1-13,22-23H,14-16H2,(H,29,33). The number of halogens is 2. The van der Waals surface area contributed by atoms with Gasteiger partial charge >= 0.3 is 0 Å². The molecule has 1 amide bonds. The van der Waals surface area contributed by atoms with Crippen LogP contribution in [0.5, 0.6) is 0 Å². The summed E-state index contributed by atoms with van der Waals surface area (Å²) in [7, 11) is 0. The summed E-state index contributed by atoms with van der Waals surface area (Å²) in [6.45, 7) is 0.536. The maximum absolute atomic E-state index is 13.6. The van der Waals surface area contributed by atoms with Gasteiger partial charge in [-0.2, -0.15) is 0 Å². The minimum absolute atomic E-state index is 0.110. The van der Waals surface area contributed by atoms with Crippen LogP contribution in [0.3, 0.4) is 0 Å². The van der Waals surface area contributed by atoms with E-state index in [9.17, 15) is 9.18 Å². The Labute approximate surface area is 206 Å². The summed E-state index contributed by atoms with van der Waals surface area (Å²) in [5.74, 6) is 0.234. The predicted molar refractivity (Wildman–Crippen MR) is 132 cm³/mol. The molecule has 5 rings (SSSR count). The number of carbonyl (C=O) groups is 1.